The van der Waals surface area contributed by atoms with Crippen molar-refractivity contribution in [2.24, 2.45) is 5.92 Å². The molecule has 2 rings (SSSR count). The lowest BCUT2D eigenvalue weighted by atomic mass is 9.96. The summed E-state index contributed by atoms with van der Waals surface area (Å²) < 4.78 is 26.6. The van der Waals surface area contributed by atoms with E-state index in [9.17, 15) is 13.2 Å². The molecule has 0 bridgehead atoms. The predicted molar refractivity (Wildman–Crippen MR) is 70.8 cm³/mol. The van der Waals surface area contributed by atoms with Crippen molar-refractivity contribution < 1.29 is 13.2 Å². The van der Waals surface area contributed by atoms with Crippen LogP contribution in [0.15, 0.2) is 0 Å². The molecule has 0 radical (unpaired) electrons. The van der Waals surface area contributed by atoms with Crippen molar-refractivity contribution >= 4 is 15.8 Å². The van der Waals surface area contributed by atoms with E-state index in [1.807, 2.05) is 0 Å². The average Bonchev–Trinajstić information content (AvgIpc) is 2.40. The third-order valence-corrected chi connectivity index (χ3v) is 6.66. The summed E-state index contributed by atoms with van der Waals surface area (Å²) in [5, 5.41) is -0.197. The maximum Gasteiger partial charge on any atom is 0.217 e. The molecule has 1 saturated carbocycles. The van der Waals surface area contributed by atoms with Gasteiger partial charge in [0.25, 0.3) is 0 Å². The molecule has 0 amide bonds. The van der Waals surface area contributed by atoms with Gasteiger partial charge in [0.2, 0.25) is 10.0 Å². The standard InChI is InChI=1S/C13H23NO3S/c1-11(15)12-6-5-9-14(10-12)18(16,17)13-7-3-2-4-8-13/h12-13H,2-10H2,1H3. The van der Waals surface area contributed by atoms with Gasteiger partial charge in [-0.15, -0.1) is 0 Å². The number of piperidine rings is 1. The van der Waals surface area contributed by atoms with Crippen LogP contribution in [0.1, 0.15) is 51.9 Å². The third-order valence-electron chi connectivity index (χ3n) is 4.29. The quantitative estimate of drug-likeness (QED) is 0.789. The van der Waals surface area contributed by atoms with E-state index in [2.05, 4.69) is 0 Å². The summed E-state index contributed by atoms with van der Waals surface area (Å²) in [6.07, 6.45) is 6.44. The van der Waals surface area contributed by atoms with Gasteiger partial charge in [0.15, 0.2) is 0 Å². The summed E-state index contributed by atoms with van der Waals surface area (Å²) in [6, 6.07) is 0. The minimum Gasteiger partial charge on any atom is -0.300 e. The minimum absolute atomic E-state index is 0.0860. The van der Waals surface area contributed by atoms with Crippen molar-refractivity contribution in [1.29, 1.82) is 0 Å². The van der Waals surface area contributed by atoms with Gasteiger partial charge in [-0.1, -0.05) is 19.3 Å². The van der Waals surface area contributed by atoms with E-state index in [0.717, 1.165) is 44.9 Å². The van der Waals surface area contributed by atoms with Gasteiger partial charge in [-0.25, -0.2) is 12.7 Å². The van der Waals surface area contributed by atoms with E-state index in [4.69, 9.17) is 0 Å². The Labute approximate surface area is 110 Å². The molecule has 1 unspecified atom stereocenters. The number of hydrogen-bond donors (Lipinski definition) is 0. The first-order valence-electron chi connectivity index (χ1n) is 7.01. The van der Waals surface area contributed by atoms with E-state index < -0.39 is 10.0 Å². The first kappa shape index (κ1) is 14.0. The van der Waals surface area contributed by atoms with Gasteiger partial charge in [-0.05, 0) is 32.6 Å². The van der Waals surface area contributed by atoms with Crippen LogP contribution in [0.5, 0.6) is 0 Å². The van der Waals surface area contributed by atoms with Gasteiger partial charge in [-0.2, -0.15) is 0 Å². The highest BCUT2D eigenvalue weighted by Gasteiger charge is 2.36. The first-order valence-corrected chi connectivity index (χ1v) is 8.51. The number of nitrogens with zero attached hydrogens (tertiary/aromatic N) is 1. The Kier molecular flexibility index (Phi) is 4.43. The Morgan fingerprint density at radius 3 is 2.33 bits per heavy atom. The van der Waals surface area contributed by atoms with E-state index in [1.165, 1.54) is 0 Å². The molecular formula is C13H23NO3S. The summed E-state index contributed by atoms with van der Waals surface area (Å²) in [5.74, 6) is 0.0376. The molecule has 2 fully saturated rings. The Bertz CT molecular complexity index is 398. The third kappa shape index (κ3) is 2.94. The van der Waals surface area contributed by atoms with Crippen LogP contribution in [0, 0.1) is 5.92 Å². The van der Waals surface area contributed by atoms with E-state index in [-0.39, 0.29) is 17.0 Å². The van der Waals surface area contributed by atoms with Gasteiger partial charge in [0, 0.05) is 19.0 Å². The van der Waals surface area contributed by atoms with Crippen LogP contribution in [-0.2, 0) is 14.8 Å². The molecule has 0 aromatic carbocycles. The van der Waals surface area contributed by atoms with Gasteiger partial charge in [0.1, 0.15) is 5.78 Å². The number of sulfonamides is 1. The van der Waals surface area contributed by atoms with Crippen LogP contribution in [-0.4, -0.2) is 36.8 Å². The first-order chi connectivity index (χ1) is 8.51. The summed E-state index contributed by atoms with van der Waals surface area (Å²) in [4.78, 5) is 11.4. The zero-order valence-corrected chi connectivity index (χ0v) is 11.9. The van der Waals surface area contributed by atoms with Crippen LogP contribution in [0.3, 0.4) is 0 Å². The highest BCUT2D eigenvalue weighted by molar-refractivity contribution is 7.89. The molecule has 2 aliphatic rings. The van der Waals surface area contributed by atoms with E-state index >= 15 is 0 Å². The van der Waals surface area contributed by atoms with Crippen LogP contribution in [0.4, 0.5) is 0 Å². The Hall–Kier alpha value is -0.420. The number of rotatable bonds is 3. The van der Waals surface area contributed by atoms with Crippen LogP contribution in [0.2, 0.25) is 0 Å². The molecule has 1 aliphatic heterocycles. The van der Waals surface area contributed by atoms with Crippen molar-refractivity contribution in [2.75, 3.05) is 13.1 Å². The smallest absolute Gasteiger partial charge is 0.217 e. The van der Waals surface area contributed by atoms with Crippen molar-refractivity contribution in [3.63, 3.8) is 0 Å². The largest absolute Gasteiger partial charge is 0.300 e. The average molecular weight is 273 g/mol. The Morgan fingerprint density at radius 1 is 1.06 bits per heavy atom. The van der Waals surface area contributed by atoms with Gasteiger partial charge < -0.3 is 0 Å². The number of Topliss-reactive ketones (excluding diaryl/α,β-unsaturated/α-hetero) is 1. The maximum atomic E-state index is 12.5. The fourth-order valence-electron chi connectivity index (χ4n) is 3.08. The lowest BCUT2D eigenvalue weighted by Crippen LogP contribution is -2.46. The summed E-state index contributed by atoms with van der Waals surface area (Å²) in [6.45, 7) is 2.58. The Balaban J connectivity index is 2.06. The lowest BCUT2D eigenvalue weighted by Gasteiger charge is -2.34. The monoisotopic (exact) mass is 273 g/mol. The fourth-order valence-corrected chi connectivity index (χ4v) is 5.20. The molecule has 18 heavy (non-hydrogen) atoms. The maximum absolute atomic E-state index is 12.5. The van der Waals surface area contributed by atoms with Crippen molar-refractivity contribution in [3.05, 3.63) is 0 Å². The number of carbonyl (C=O) groups is 1. The van der Waals surface area contributed by atoms with E-state index in [1.54, 1.807) is 11.2 Å². The van der Waals surface area contributed by atoms with Gasteiger partial charge in [-0.3, -0.25) is 4.79 Å². The molecule has 0 aromatic rings. The highest BCUT2D eigenvalue weighted by atomic mass is 32.2. The fraction of sp³-hybridized carbons (Fsp3) is 0.923. The molecule has 1 saturated heterocycles. The minimum atomic E-state index is -3.17. The molecule has 1 aliphatic carbocycles. The van der Waals surface area contributed by atoms with Crippen LogP contribution in [0.25, 0.3) is 0 Å². The Morgan fingerprint density at radius 2 is 1.72 bits per heavy atom. The zero-order valence-electron chi connectivity index (χ0n) is 11.1. The molecule has 0 aromatic heterocycles. The molecular weight excluding hydrogens is 250 g/mol. The van der Waals surface area contributed by atoms with Crippen molar-refractivity contribution in [3.8, 4) is 0 Å². The molecule has 4 nitrogen and oxygen atoms in total. The molecule has 0 N–H and O–H groups in total. The second kappa shape index (κ2) is 5.70. The summed E-state index contributed by atoms with van der Waals surface area (Å²) in [7, 11) is -3.17. The van der Waals surface area contributed by atoms with Crippen LogP contribution >= 0.6 is 0 Å². The molecule has 0 spiro atoms. The SMILES string of the molecule is CC(=O)C1CCCN(S(=O)(=O)C2CCCCC2)C1. The second-order valence-electron chi connectivity index (χ2n) is 5.61. The van der Waals surface area contributed by atoms with Crippen LogP contribution < -0.4 is 0 Å². The highest BCUT2D eigenvalue weighted by Crippen LogP contribution is 2.29. The normalized spacial score (nSPS) is 28.2. The number of ketones is 1. The van der Waals surface area contributed by atoms with E-state index in [0.29, 0.717) is 13.1 Å². The molecule has 5 heteroatoms. The summed E-state index contributed by atoms with van der Waals surface area (Å²) >= 11 is 0. The molecule has 1 heterocycles. The van der Waals surface area contributed by atoms with Gasteiger partial charge >= 0.3 is 0 Å². The number of hydrogen-bond acceptors (Lipinski definition) is 3. The zero-order chi connectivity index (χ0) is 13.2. The van der Waals surface area contributed by atoms with Gasteiger partial charge in [0.05, 0.1) is 5.25 Å². The topological polar surface area (TPSA) is 54.5 Å². The predicted octanol–water partition coefficient (Wildman–Crippen LogP) is 1.95. The molecule has 1 atom stereocenters. The van der Waals surface area contributed by atoms with Crippen molar-refractivity contribution in [2.45, 2.75) is 57.1 Å². The summed E-state index contributed by atoms with van der Waals surface area (Å²) in [5.41, 5.74) is 0. The number of carbonyl (C=O) groups excluding carboxylic acids is 1. The molecule has 104 valence electrons. The van der Waals surface area contributed by atoms with Crippen molar-refractivity contribution in [1.82, 2.24) is 4.31 Å². The second-order valence-corrected chi connectivity index (χ2v) is 7.83. The lowest BCUT2D eigenvalue weighted by molar-refractivity contribution is -0.121.